The number of amides is 1. The summed E-state index contributed by atoms with van der Waals surface area (Å²) in [6, 6.07) is 21.4. The van der Waals surface area contributed by atoms with Crippen LogP contribution in [0.5, 0.6) is 0 Å². The van der Waals surface area contributed by atoms with Crippen molar-refractivity contribution >= 4 is 11.5 Å². The van der Waals surface area contributed by atoms with Crippen LogP contribution in [-0.4, -0.2) is 20.9 Å². The molecule has 4 heteroatoms. The predicted octanol–water partition coefficient (Wildman–Crippen LogP) is 5.26. The second-order valence-corrected chi connectivity index (χ2v) is 7.65. The van der Waals surface area contributed by atoms with E-state index in [1.54, 1.807) is 17.3 Å². The Morgan fingerprint density at radius 3 is 2.34 bits per heavy atom. The first kappa shape index (κ1) is 18.9. The van der Waals surface area contributed by atoms with E-state index in [0.29, 0.717) is 18.0 Å². The van der Waals surface area contributed by atoms with Crippen molar-refractivity contribution < 1.29 is 9.90 Å². The Morgan fingerprint density at radius 2 is 1.72 bits per heavy atom. The van der Waals surface area contributed by atoms with Crippen LogP contribution in [0.1, 0.15) is 48.1 Å². The van der Waals surface area contributed by atoms with Gasteiger partial charge in [-0.05, 0) is 34.2 Å². The van der Waals surface area contributed by atoms with Gasteiger partial charge in [0.1, 0.15) is 0 Å². The van der Waals surface area contributed by atoms with Crippen molar-refractivity contribution in [1.29, 1.82) is 0 Å². The lowest BCUT2D eigenvalue weighted by molar-refractivity contribution is -0.130. The average molecular weight is 384 g/mol. The highest BCUT2D eigenvalue weighted by Gasteiger charge is 2.40. The van der Waals surface area contributed by atoms with E-state index in [1.807, 2.05) is 42.5 Å². The largest absolute Gasteiger partial charge is 0.503 e. The minimum atomic E-state index is -0.356. The third-order valence-corrected chi connectivity index (χ3v) is 5.38. The second-order valence-electron chi connectivity index (χ2n) is 7.65. The van der Waals surface area contributed by atoms with Crippen LogP contribution in [0.4, 0.5) is 0 Å². The number of carbonyl (C=O) groups is 1. The molecule has 0 saturated heterocycles. The minimum absolute atomic E-state index is 0.182. The molecule has 4 nitrogen and oxygen atoms in total. The molecule has 3 aromatic rings. The number of aromatic nitrogens is 1. The van der Waals surface area contributed by atoms with Gasteiger partial charge in [-0.3, -0.25) is 9.78 Å². The van der Waals surface area contributed by atoms with Crippen molar-refractivity contribution in [2.24, 2.45) is 0 Å². The molecule has 0 fully saturated rings. The zero-order valence-corrected chi connectivity index (χ0v) is 16.6. The second kappa shape index (κ2) is 7.92. The molecule has 1 atom stereocenters. The molecule has 0 bridgehead atoms. The van der Waals surface area contributed by atoms with E-state index in [4.69, 9.17) is 0 Å². The Hall–Kier alpha value is -3.40. The molecule has 2 heterocycles. The molecular weight excluding hydrogens is 360 g/mol. The van der Waals surface area contributed by atoms with Gasteiger partial charge in [0.2, 0.25) is 0 Å². The van der Waals surface area contributed by atoms with Gasteiger partial charge in [-0.2, -0.15) is 0 Å². The zero-order valence-electron chi connectivity index (χ0n) is 16.6. The first-order valence-corrected chi connectivity index (χ1v) is 9.84. The molecule has 1 aromatic heterocycles. The maximum atomic E-state index is 13.0. The summed E-state index contributed by atoms with van der Waals surface area (Å²) in [6.07, 6.45) is 3.46. The number of hydrogen-bond donors (Lipinski definition) is 1. The van der Waals surface area contributed by atoms with Gasteiger partial charge in [-0.25, -0.2) is 0 Å². The summed E-state index contributed by atoms with van der Waals surface area (Å²) in [5.41, 5.74) is 4.65. The molecule has 0 saturated carbocycles. The maximum Gasteiger partial charge on any atom is 0.290 e. The van der Waals surface area contributed by atoms with Crippen LogP contribution < -0.4 is 0 Å². The number of carbonyl (C=O) groups excluding carboxylic acids is 1. The highest BCUT2D eigenvalue weighted by molar-refractivity contribution is 6.05. The molecule has 0 radical (unpaired) electrons. The van der Waals surface area contributed by atoms with Crippen LogP contribution in [0, 0.1) is 0 Å². The van der Waals surface area contributed by atoms with Crippen molar-refractivity contribution in [2.45, 2.75) is 32.4 Å². The van der Waals surface area contributed by atoms with Gasteiger partial charge < -0.3 is 10.0 Å². The number of aliphatic hydroxyl groups excluding tert-OH is 1. The first-order valence-electron chi connectivity index (χ1n) is 9.84. The first-order chi connectivity index (χ1) is 14.1. The Labute approximate surface area is 171 Å². The maximum absolute atomic E-state index is 13.0. The average Bonchev–Trinajstić information content (AvgIpc) is 3.00. The van der Waals surface area contributed by atoms with E-state index in [0.717, 1.165) is 16.7 Å². The molecule has 0 aliphatic carbocycles. The summed E-state index contributed by atoms with van der Waals surface area (Å²) in [5, 5.41) is 10.8. The summed E-state index contributed by atoms with van der Waals surface area (Å²) in [6.45, 7) is 4.69. The van der Waals surface area contributed by atoms with Crippen LogP contribution in [0.2, 0.25) is 0 Å². The number of pyridine rings is 1. The van der Waals surface area contributed by atoms with Gasteiger partial charge in [0.15, 0.2) is 5.76 Å². The van der Waals surface area contributed by atoms with Gasteiger partial charge in [0.25, 0.3) is 5.91 Å². The normalized spacial score (nSPS) is 16.7. The number of benzene rings is 2. The Bertz CT molecular complexity index is 1030. The molecule has 29 heavy (non-hydrogen) atoms. The summed E-state index contributed by atoms with van der Waals surface area (Å²) in [4.78, 5) is 18.9. The smallest absolute Gasteiger partial charge is 0.290 e. The molecule has 1 unspecified atom stereocenters. The van der Waals surface area contributed by atoms with E-state index in [2.05, 4.69) is 43.1 Å². The van der Waals surface area contributed by atoms with Gasteiger partial charge in [-0.1, -0.05) is 74.5 Å². The summed E-state index contributed by atoms with van der Waals surface area (Å²) in [5.74, 6) is -0.109. The molecule has 1 amide bonds. The van der Waals surface area contributed by atoms with Crippen LogP contribution in [0.3, 0.4) is 0 Å². The lowest BCUT2D eigenvalue weighted by Gasteiger charge is -2.27. The lowest BCUT2D eigenvalue weighted by Crippen LogP contribution is -2.29. The van der Waals surface area contributed by atoms with E-state index in [1.165, 1.54) is 5.56 Å². The van der Waals surface area contributed by atoms with E-state index in [-0.39, 0.29) is 17.7 Å². The third-order valence-electron chi connectivity index (χ3n) is 5.38. The van der Waals surface area contributed by atoms with Crippen molar-refractivity contribution in [3.05, 3.63) is 107 Å². The SMILES string of the molecule is CC(C)c1ccc(C2C(c3ccccc3)=C(O)C(=O)N2Cc2cccnc2)cc1. The Balaban J connectivity index is 1.80. The van der Waals surface area contributed by atoms with E-state index >= 15 is 0 Å². The Morgan fingerprint density at radius 1 is 1.00 bits per heavy atom. The van der Waals surface area contributed by atoms with Crippen LogP contribution >= 0.6 is 0 Å². The van der Waals surface area contributed by atoms with Crippen LogP contribution in [0.25, 0.3) is 5.57 Å². The molecule has 4 rings (SSSR count). The van der Waals surface area contributed by atoms with Gasteiger partial charge in [0.05, 0.1) is 6.04 Å². The standard InChI is InChI=1S/C25H24N2O2/c1-17(2)19-10-12-21(13-11-19)23-22(20-8-4-3-5-9-20)24(28)25(29)27(23)16-18-7-6-14-26-15-18/h3-15,17,23,28H,16H2,1-2H3. The van der Waals surface area contributed by atoms with Gasteiger partial charge >= 0.3 is 0 Å². The van der Waals surface area contributed by atoms with E-state index < -0.39 is 0 Å². The number of rotatable bonds is 5. The van der Waals surface area contributed by atoms with Crippen molar-refractivity contribution in [2.75, 3.05) is 0 Å². The number of aliphatic hydroxyl groups is 1. The zero-order chi connectivity index (χ0) is 20.4. The summed E-state index contributed by atoms with van der Waals surface area (Å²) in [7, 11) is 0. The van der Waals surface area contributed by atoms with Gasteiger partial charge in [0, 0.05) is 24.5 Å². The lowest BCUT2D eigenvalue weighted by atomic mass is 9.91. The molecule has 1 aliphatic heterocycles. The summed E-state index contributed by atoms with van der Waals surface area (Å²) >= 11 is 0. The topological polar surface area (TPSA) is 53.4 Å². The van der Waals surface area contributed by atoms with Crippen molar-refractivity contribution in [3.63, 3.8) is 0 Å². The monoisotopic (exact) mass is 384 g/mol. The molecule has 1 aliphatic rings. The minimum Gasteiger partial charge on any atom is -0.503 e. The predicted molar refractivity (Wildman–Crippen MR) is 114 cm³/mol. The fourth-order valence-electron chi connectivity index (χ4n) is 3.83. The number of hydrogen-bond acceptors (Lipinski definition) is 3. The highest BCUT2D eigenvalue weighted by Crippen LogP contribution is 2.43. The third kappa shape index (κ3) is 3.66. The molecule has 146 valence electrons. The molecular formula is C25H24N2O2. The number of nitrogens with zero attached hydrogens (tertiary/aromatic N) is 2. The fraction of sp³-hybridized carbons (Fsp3) is 0.200. The Kier molecular flexibility index (Phi) is 5.17. The fourth-order valence-corrected chi connectivity index (χ4v) is 3.83. The van der Waals surface area contributed by atoms with Crippen LogP contribution in [-0.2, 0) is 11.3 Å². The summed E-state index contributed by atoms with van der Waals surface area (Å²) < 4.78 is 0. The van der Waals surface area contributed by atoms with E-state index in [9.17, 15) is 9.90 Å². The molecule has 1 N–H and O–H groups in total. The van der Waals surface area contributed by atoms with Crippen LogP contribution in [0.15, 0.2) is 84.9 Å². The quantitative estimate of drug-likeness (QED) is 0.653. The van der Waals surface area contributed by atoms with Crippen molar-refractivity contribution in [1.82, 2.24) is 9.88 Å². The highest BCUT2D eigenvalue weighted by atomic mass is 16.3. The van der Waals surface area contributed by atoms with Gasteiger partial charge in [-0.15, -0.1) is 0 Å². The van der Waals surface area contributed by atoms with Crippen molar-refractivity contribution in [3.8, 4) is 0 Å². The molecule has 0 spiro atoms. The molecule has 2 aromatic carbocycles.